The van der Waals surface area contributed by atoms with E-state index in [0.29, 0.717) is 6.61 Å². The van der Waals surface area contributed by atoms with E-state index >= 15 is 0 Å². The van der Waals surface area contributed by atoms with Crippen molar-refractivity contribution in [1.29, 1.82) is 0 Å². The van der Waals surface area contributed by atoms with Crippen molar-refractivity contribution in [1.82, 2.24) is 5.32 Å². The molecule has 1 aliphatic heterocycles. The van der Waals surface area contributed by atoms with E-state index in [-0.39, 0.29) is 12.0 Å². The van der Waals surface area contributed by atoms with Gasteiger partial charge in [-0.05, 0) is 29.9 Å². The van der Waals surface area contributed by atoms with Gasteiger partial charge in [-0.2, -0.15) is 0 Å². The lowest BCUT2D eigenvalue weighted by Gasteiger charge is -2.24. The first-order valence-corrected chi connectivity index (χ1v) is 6.80. The Morgan fingerprint density at radius 3 is 2.83 bits per heavy atom. The topological polar surface area (TPSA) is 38.3 Å². The number of nitrogens with one attached hydrogen (secondary N) is 1. The fraction of sp³-hybridized carbons (Fsp3) is 0.533. The average Bonchev–Trinajstić information content (AvgIpc) is 3.22. The number of carbonyl (C=O) groups excluding carboxylic acids is 1. The molecule has 0 bridgehead atoms. The van der Waals surface area contributed by atoms with Crippen LogP contribution in [-0.4, -0.2) is 18.6 Å². The van der Waals surface area contributed by atoms with Gasteiger partial charge < -0.3 is 10.1 Å². The van der Waals surface area contributed by atoms with Crippen LogP contribution in [0, 0.1) is 5.92 Å². The van der Waals surface area contributed by atoms with Gasteiger partial charge in [0.1, 0.15) is 6.04 Å². The highest BCUT2D eigenvalue weighted by Crippen LogP contribution is 2.32. The van der Waals surface area contributed by atoms with E-state index in [9.17, 15) is 4.79 Å². The van der Waals surface area contributed by atoms with Crippen molar-refractivity contribution in [3.63, 3.8) is 0 Å². The molecule has 1 saturated carbocycles. The predicted molar refractivity (Wildman–Crippen MR) is 69.1 cm³/mol. The number of ether oxygens (including phenoxy) is 1. The van der Waals surface area contributed by atoms with Crippen LogP contribution in [0.1, 0.15) is 30.4 Å². The maximum Gasteiger partial charge on any atom is 0.323 e. The lowest BCUT2D eigenvalue weighted by Crippen LogP contribution is -2.42. The SMILES string of the molecule is O=C(OCCC1CC1)[C@@H]1Cc2ccccc2CN1. The monoisotopic (exact) mass is 245 g/mol. The van der Waals surface area contributed by atoms with Gasteiger partial charge >= 0.3 is 5.97 Å². The minimum absolute atomic E-state index is 0.0925. The molecule has 3 heteroatoms. The van der Waals surface area contributed by atoms with Gasteiger partial charge in [-0.1, -0.05) is 37.1 Å². The molecule has 0 aromatic heterocycles. The van der Waals surface area contributed by atoms with Gasteiger partial charge in [0.25, 0.3) is 0 Å². The Balaban J connectivity index is 1.52. The maximum absolute atomic E-state index is 11.9. The second-order valence-electron chi connectivity index (χ2n) is 5.31. The fourth-order valence-electron chi connectivity index (χ4n) is 2.45. The number of hydrogen-bond donors (Lipinski definition) is 1. The zero-order chi connectivity index (χ0) is 12.4. The Morgan fingerprint density at radius 1 is 1.28 bits per heavy atom. The molecule has 0 unspecified atom stereocenters. The summed E-state index contributed by atoms with van der Waals surface area (Å²) < 4.78 is 5.35. The molecular formula is C15H19NO2. The second kappa shape index (κ2) is 5.11. The highest BCUT2D eigenvalue weighted by molar-refractivity contribution is 5.76. The molecule has 2 aliphatic rings. The summed E-state index contributed by atoms with van der Waals surface area (Å²) in [5, 5.41) is 3.25. The molecule has 1 heterocycles. The summed E-state index contributed by atoms with van der Waals surface area (Å²) in [7, 11) is 0. The van der Waals surface area contributed by atoms with Crippen LogP contribution >= 0.6 is 0 Å². The van der Waals surface area contributed by atoms with Gasteiger partial charge in [0.05, 0.1) is 6.61 Å². The summed E-state index contributed by atoms with van der Waals surface area (Å²) in [5.41, 5.74) is 2.56. The van der Waals surface area contributed by atoms with Crippen molar-refractivity contribution in [3.8, 4) is 0 Å². The Kier molecular flexibility index (Phi) is 3.33. The Bertz CT molecular complexity index is 440. The molecular weight excluding hydrogens is 226 g/mol. The van der Waals surface area contributed by atoms with Crippen LogP contribution in [0.3, 0.4) is 0 Å². The Hall–Kier alpha value is -1.35. The maximum atomic E-state index is 11.9. The van der Waals surface area contributed by atoms with Crippen LogP contribution in [-0.2, 0) is 22.5 Å². The Labute approximate surface area is 108 Å². The molecule has 1 atom stereocenters. The van der Waals surface area contributed by atoms with Crippen LogP contribution < -0.4 is 5.32 Å². The average molecular weight is 245 g/mol. The third kappa shape index (κ3) is 2.72. The molecule has 1 aromatic carbocycles. The smallest absolute Gasteiger partial charge is 0.323 e. The second-order valence-corrected chi connectivity index (χ2v) is 5.31. The van der Waals surface area contributed by atoms with Crippen LogP contribution in [0.5, 0.6) is 0 Å². The van der Waals surface area contributed by atoms with Gasteiger partial charge in [-0.3, -0.25) is 4.79 Å². The standard InChI is InChI=1S/C15H19NO2/c17-15(18-8-7-11-5-6-11)14-9-12-3-1-2-4-13(12)10-16-14/h1-4,11,14,16H,5-10H2/t14-/m0/s1. The number of rotatable bonds is 4. The lowest BCUT2D eigenvalue weighted by atomic mass is 9.96. The molecule has 0 saturated heterocycles. The van der Waals surface area contributed by atoms with Gasteiger partial charge in [-0.15, -0.1) is 0 Å². The number of hydrogen-bond acceptors (Lipinski definition) is 3. The molecule has 0 amide bonds. The normalized spacial score (nSPS) is 22.3. The number of benzene rings is 1. The summed E-state index contributed by atoms with van der Waals surface area (Å²) >= 11 is 0. The Morgan fingerprint density at radius 2 is 2.06 bits per heavy atom. The van der Waals surface area contributed by atoms with Crippen molar-refractivity contribution in [2.24, 2.45) is 5.92 Å². The molecule has 0 radical (unpaired) electrons. The number of fused-ring (bicyclic) bond motifs is 1. The first-order valence-electron chi connectivity index (χ1n) is 6.80. The zero-order valence-electron chi connectivity index (χ0n) is 10.5. The van der Waals surface area contributed by atoms with E-state index < -0.39 is 0 Å². The summed E-state index contributed by atoms with van der Waals surface area (Å²) in [6, 6.07) is 8.10. The van der Waals surface area contributed by atoms with E-state index in [1.54, 1.807) is 0 Å². The molecule has 18 heavy (non-hydrogen) atoms. The van der Waals surface area contributed by atoms with Crippen molar-refractivity contribution in [2.45, 2.75) is 38.3 Å². The van der Waals surface area contributed by atoms with Gasteiger partial charge in [0.15, 0.2) is 0 Å². The van der Waals surface area contributed by atoms with E-state index in [4.69, 9.17) is 4.74 Å². The third-order valence-corrected chi connectivity index (χ3v) is 3.83. The fourth-order valence-corrected chi connectivity index (χ4v) is 2.45. The highest BCUT2D eigenvalue weighted by Gasteiger charge is 2.26. The predicted octanol–water partition coefficient (Wildman–Crippen LogP) is 2.04. The van der Waals surface area contributed by atoms with E-state index in [1.165, 1.54) is 24.0 Å². The van der Waals surface area contributed by atoms with Gasteiger partial charge in [-0.25, -0.2) is 0 Å². The van der Waals surface area contributed by atoms with Crippen molar-refractivity contribution >= 4 is 5.97 Å². The summed E-state index contributed by atoms with van der Waals surface area (Å²) in [6.07, 6.45) is 4.41. The number of carbonyl (C=O) groups is 1. The highest BCUT2D eigenvalue weighted by atomic mass is 16.5. The molecule has 0 spiro atoms. The summed E-state index contributed by atoms with van der Waals surface area (Å²) in [5.74, 6) is 0.725. The molecule has 3 nitrogen and oxygen atoms in total. The molecule has 3 rings (SSSR count). The minimum Gasteiger partial charge on any atom is -0.465 e. The molecule has 1 aromatic rings. The van der Waals surface area contributed by atoms with E-state index in [2.05, 4.69) is 17.4 Å². The lowest BCUT2D eigenvalue weighted by molar-refractivity contribution is -0.146. The quantitative estimate of drug-likeness (QED) is 0.825. The largest absolute Gasteiger partial charge is 0.465 e. The third-order valence-electron chi connectivity index (χ3n) is 3.83. The van der Waals surface area contributed by atoms with Crippen molar-refractivity contribution in [2.75, 3.05) is 6.61 Å². The molecule has 1 N–H and O–H groups in total. The van der Waals surface area contributed by atoms with Crippen LogP contribution in [0.25, 0.3) is 0 Å². The minimum atomic E-state index is -0.167. The molecule has 1 fully saturated rings. The van der Waals surface area contributed by atoms with Crippen LogP contribution in [0.4, 0.5) is 0 Å². The molecule has 1 aliphatic carbocycles. The summed E-state index contributed by atoms with van der Waals surface area (Å²) in [4.78, 5) is 11.9. The van der Waals surface area contributed by atoms with Gasteiger partial charge in [0.2, 0.25) is 0 Å². The zero-order valence-corrected chi connectivity index (χ0v) is 10.5. The van der Waals surface area contributed by atoms with Crippen LogP contribution in [0.15, 0.2) is 24.3 Å². The molecule has 96 valence electrons. The van der Waals surface area contributed by atoms with Gasteiger partial charge in [0, 0.05) is 6.54 Å². The first kappa shape index (κ1) is 11.7. The first-order chi connectivity index (χ1) is 8.83. The van der Waals surface area contributed by atoms with E-state index in [1.807, 2.05) is 12.1 Å². The van der Waals surface area contributed by atoms with E-state index in [0.717, 1.165) is 25.3 Å². The summed E-state index contributed by atoms with van der Waals surface area (Å²) in [6.45, 7) is 1.35. The number of esters is 1. The van der Waals surface area contributed by atoms with Crippen molar-refractivity contribution in [3.05, 3.63) is 35.4 Å². The van der Waals surface area contributed by atoms with Crippen LogP contribution in [0.2, 0.25) is 0 Å². The van der Waals surface area contributed by atoms with Crippen molar-refractivity contribution < 1.29 is 9.53 Å².